The van der Waals surface area contributed by atoms with Gasteiger partial charge in [-0.1, -0.05) is 12.1 Å². The van der Waals surface area contributed by atoms with Crippen LogP contribution < -0.4 is 5.73 Å². The largest absolute Gasteiger partial charge is 0.407 e. The molecule has 0 amide bonds. The van der Waals surface area contributed by atoms with Gasteiger partial charge in [-0.25, -0.2) is 0 Å². The number of rotatable bonds is 1. The van der Waals surface area contributed by atoms with Crippen molar-refractivity contribution in [2.24, 2.45) is 5.73 Å². The predicted octanol–water partition coefficient (Wildman–Crippen LogP) is 2.54. The summed E-state index contributed by atoms with van der Waals surface area (Å²) in [6.45, 7) is 0. The van der Waals surface area contributed by atoms with E-state index in [-0.39, 0.29) is 23.5 Å². The van der Waals surface area contributed by atoms with E-state index in [9.17, 15) is 13.2 Å². The molecule has 6 heteroatoms. The first-order chi connectivity index (χ1) is 6.45. The maximum atomic E-state index is 12.2. The number of nitrogens with zero attached hydrogens (tertiary/aromatic N) is 1. The summed E-state index contributed by atoms with van der Waals surface area (Å²) >= 11 is 0. The SMILES string of the molecule is Cl.N#Cc1cccc(C(N)C(F)(F)F)c1. The first-order valence-electron chi connectivity index (χ1n) is 3.77. The van der Waals surface area contributed by atoms with Gasteiger partial charge in [-0.05, 0) is 17.7 Å². The molecule has 0 fully saturated rings. The van der Waals surface area contributed by atoms with Gasteiger partial charge in [0.15, 0.2) is 0 Å². The molecule has 0 spiro atoms. The van der Waals surface area contributed by atoms with E-state index in [0.29, 0.717) is 0 Å². The van der Waals surface area contributed by atoms with E-state index in [1.54, 1.807) is 6.07 Å². The Kier molecular flexibility index (Phi) is 4.59. The quantitative estimate of drug-likeness (QED) is 0.815. The van der Waals surface area contributed by atoms with Crippen LogP contribution in [0.5, 0.6) is 0 Å². The van der Waals surface area contributed by atoms with Crippen molar-refractivity contribution < 1.29 is 13.2 Å². The summed E-state index contributed by atoms with van der Waals surface area (Å²) in [4.78, 5) is 0. The molecule has 0 saturated carbocycles. The summed E-state index contributed by atoms with van der Waals surface area (Å²) < 4.78 is 36.5. The third-order valence-electron chi connectivity index (χ3n) is 1.73. The average Bonchev–Trinajstić information content (AvgIpc) is 2.15. The summed E-state index contributed by atoms with van der Waals surface area (Å²) in [5.74, 6) is 0. The monoisotopic (exact) mass is 236 g/mol. The molecule has 0 aromatic heterocycles. The van der Waals surface area contributed by atoms with Gasteiger partial charge in [-0.3, -0.25) is 0 Å². The highest BCUT2D eigenvalue weighted by Gasteiger charge is 2.37. The van der Waals surface area contributed by atoms with Crippen LogP contribution in [0.1, 0.15) is 17.2 Å². The Labute approximate surface area is 90.9 Å². The third kappa shape index (κ3) is 3.42. The van der Waals surface area contributed by atoms with Crippen molar-refractivity contribution in [2.45, 2.75) is 12.2 Å². The topological polar surface area (TPSA) is 49.8 Å². The molecule has 82 valence electrons. The van der Waals surface area contributed by atoms with Crippen molar-refractivity contribution in [3.8, 4) is 6.07 Å². The molecule has 0 bridgehead atoms. The van der Waals surface area contributed by atoms with E-state index in [2.05, 4.69) is 0 Å². The Bertz CT molecular complexity index is 370. The van der Waals surface area contributed by atoms with Crippen LogP contribution in [0.25, 0.3) is 0 Å². The number of benzene rings is 1. The molecule has 1 aromatic carbocycles. The van der Waals surface area contributed by atoms with Crippen LogP contribution in [0.4, 0.5) is 13.2 Å². The second-order valence-corrected chi connectivity index (χ2v) is 2.76. The Morgan fingerprint density at radius 1 is 1.33 bits per heavy atom. The molecular weight excluding hydrogens is 229 g/mol. The van der Waals surface area contributed by atoms with Crippen LogP contribution in [0.15, 0.2) is 24.3 Å². The smallest absolute Gasteiger partial charge is 0.316 e. The molecule has 1 rings (SSSR count). The Hall–Kier alpha value is -1.25. The van der Waals surface area contributed by atoms with Crippen LogP contribution in [0, 0.1) is 11.3 Å². The minimum Gasteiger partial charge on any atom is -0.316 e. The maximum absolute atomic E-state index is 12.2. The molecular formula is C9H8ClF3N2. The van der Waals surface area contributed by atoms with E-state index in [1.807, 2.05) is 0 Å². The summed E-state index contributed by atoms with van der Waals surface area (Å²) in [5, 5.41) is 8.47. The highest BCUT2D eigenvalue weighted by Crippen LogP contribution is 2.30. The second-order valence-electron chi connectivity index (χ2n) is 2.76. The zero-order valence-electron chi connectivity index (χ0n) is 7.45. The predicted molar refractivity (Wildman–Crippen MR) is 51.4 cm³/mol. The van der Waals surface area contributed by atoms with Crippen molar-refractivity contribution in [1.82, 2.24) is 0 Å². The number of hydrogen-bond acceptors (Lipinski definition) is 2. The molecule has 0 saturated heterocycles. The van der Waals surface area contributed by atoms with Gasteiger partial charge in [-0.15, -0.1) is 12.4 Å². The standard InChI is InChI=1S/C9H7F3N2.ClH/c10-9(11,12)8(14)7-3-1-2-6(4-7)5-13;/h1-4,8H,14H2;1H. The lowest BCUT2D eigenvalue weighted by Gasteiger charge is -2.15. The average molecular weight is 237 g/mol. The zero-order chi connectivity index (χ0) is 10.8. The second kappa shape index (κ2) is 5.01. The molecule has 0 aliphatic carbocycles. The van der Waals surface area contributed by atoms with Gasteiger partial charge in [-0.2, -0.15) is 18.4 Å². The molecule has 1 aromatic rings. The van der Waals surface area contributed by atoms with E-state index < -0.39 is 12.2 Å². The molecule has 0 heterocycles. The van der Waals surface area contributed by atoms with Gasteiger partial charge in [0.05, 0.1) is 11.6 Å². The number of hydrogen-bond donors (Lipinski definition) is 1. The summed E-state index contributed by atoms with van der Waals surface area (Å²) in [7, 11) is 0. The molecule has 1 atom stereocenters. The van der Waals surface area contributed by atoms with Gasteiger partial charge < -0.3 is 5.73 Å². The van der Waals surface area contributed by atoms with E-state index in [0.717, 1.165) is 6.07 Å². The van der Waals surface area contributed by atoms with Crippen molar-refractivity contribution in [1.29, 1.82) is 5.26 Å². The van der Waals surface area contributed by atoms with Gasteiger partial charge in [0, 0.05) is 0 Å². The minimum absolute atomic E-state index is 0. The van der Waals surface area contributed by atoms with Gasteiger partial charge in [0.25, 0.3) is 0 Å². The van der Waals surface area contributed by atoms with Gasteiger partial charge in [0.2, 0.25) is 0 Å². The van der Waals surface area contributed by atoms with Gasteiger partial charge >= 0.3 is 6.18 Å². The third-order valence-corrected chi connectivity index (χ3v) is 1.73. The number of alkyl halides is 3. The molecule has 2 N–H and O–H groups in total. The number of halogens is 4. The number of nitrogens with two attached hydrogens (primary N) is 1. The Morgan fingerprint density at radius 2 is 1.93 bits per heavy atom. The first-order valence-corrected chi connectivity index (χ1v) is 3.77. The van der Waals surface area contributed by atoms with E-state index in [4.69, 9.17) is 11.0 Å². The lowest BCUT2D eigenvalue weighted by atomic mass is 10.0. The van der Waals surface area contributed by atoms with Crippen molar-refractivity contribution in [3.05, 3.63) is 35.4 Å². The van der Waals surface area contributed by atoms with Crippen LogP contribution in [-0.4, -0.2) is 6.18 Å². The molecule has 0 aliphatic heterocycles. The van der Waals surface area contributed by atoms with E-state index in [1.165, 1.54) is 18.2 Å². The van der Waals surface area contributed by atoms with Crippen LogP contribution in [0.3, 0.4) is 0 Å². The van der Waals surface area contributed by atoms with Crippen LogP contribution in [-0.2, 0) is 0 Å². The van der Waals surface area contributed by atoms with Gasteiger partial charge in [0.1, 0.15) is 6.04 Å². The molecule has 0 radical (unpaired) electrons. The summed E-state index contributed by atoms with van der Waals surface area (Å²) in [5.41, 5.74) is 5.03. The van der Waals surface area contributed by atoms with Crippen molar-refractivity contribution >= 4 is 12.4 Å². The molecule has 15 heavy (non-hydrogen) atoms. The first kappa shape index (κ1) is 13.8. The van der Waals surface area contributed by atoms with Crippen molar-refractivity contribution in [3.63, 3.8) is 0 Å². The molecule has 0 aliphatic rings. The fraction of sp³-hybridized carbons (Fsp3) is 0.222. The number of nitriles is 1. The maximum Gasteiger partial charge on any atom is 0.407 e. The highest BCUT2D eigenvalue weighted by molar-refractivity contribution is 5.85. The fourth-order valence-electron chi connectivity index (χ4n) is 0.991. The molecule has 1 unspecified atom stereocenters. The normalized spacial score (nSPS) is 12.5. The zero-order valence-corrected chi connectivity index (χ0v) is 8.27. The Balaban J connectivity index is 0.00000196. The fourth-order valence-corrected chi connectivity index (χ4v) is 0.991. The lowest BCUT2D eigenvalue weighted by Crippen LogP contribution is -2.28. The molecule has 2 nitrogen and oxygen atoms in total. The van der Waals surface area contributed by atoms with Crippen LogP contribution >= 0.6 is 12.4 Å². The summed E-state index contributed by atoms with van der Waals surface area (Å²) in [6.07, 6.45) is -4.48. The lowest BCUT2D eigenvalue weighted by molar-refractivity contribution is -0.149. The Morgan fingerprint density at radius 3 is 2.40 bits per heavy atom. The highest BCUT2D eigenvalue weighted by atomic mass is 35.5. The van der Waals surface area contributed by atoms with Crippen LogP contribution in [0.2, 0.25) is 0 Å². The summed E-state index contributed by atoms with van der Waals surface area (Å²) in [6, 6.07) is 4.90. The van der Waals surface area contributed by atoms with Crippen molar-refractivity contribution in [2.75, 3.05) is 0 Å². The minimum atomic E-state index is -4.48. The van der Waals surface area contributed by atoms with E-state index >= 15 is 0 Å².